The number of rotatable bonds is 8. The highest BCUT2D eigenvalue weighted by molar-refractivity contribution is 9.10. The van der Waals surface area contributed by atoms with Gasteiger partial charge in [0.15, 0.2) is 0 Å². The summed E-state index contributed by atoms with van der Waals surface area (Å²) in [6, 6.07) is 0.0385. The van der Waals surface area contributed by atoms with Gasteiger partial charge in [-0.1, -0.05) is 0 Å². The van der Waals surface area contributed by atoms with Crippen LogP contribution in [0.4, 0.5) is 0 Å². The van der Waals surface area contributed by atoms with Crippen molar-refractivity contribution in [2.75, 3.05) is 27.2 Å². The highest BCUT2D eigenvalue weighted by atomic mass is 79.9. The van der Waals surface area contributed by atoms with Crippen molar-refractivity contribution in [2.24, 2.45) is 11.7 Å². The van der Waals surface area contributed by atoms with Gasteiger partial charge < -0.3 is 15.4 Å². The number of nitrogens with zero attached hydrogens (tertiary/aromatic N) is 3. The summed E-state index contributed by atoms with van der Waals surface area (Å²) in [6.45, 7) is 4.70. The van der Waals surface area contributed by atoms with Gasteiger partial charge in [-0.3, -0.25) is 4.68 Å². The van der Waals surface area contributed by atoms with E-state index < -0.39 is 0 Å². The first-order valence-electron chi connectivity index (χ1n) is 7.74. The Morgan fingerprint density at radius 2 is 2.24 bits per heavy atom. The summed E-state index contributed by atoms with van der Waals surface area (Å²) < 4.78 is 8.68. The fraction of sp³-hybridized carbons (Fsp3) is 0.800. The molecule has 1 aromatic heterocycles. The number of aromatic nitrogens is 2. The van der Waals surface area contributed by atoms with Gasteiger partial charge in [-0.2, -0.15) is 5.10 Å². The zero-order chi connectivity index (χ0) is 15.4. The molecule has 0 radical (unpaired) electrons. The normalized spacial score (nSPS) is 23.3. The van der Waals surface area contributed by atoms with Gasteiger partial charge in [0, 0.05) is 19.2 Å². The minimum atomic E-state index is 0.0385. The van der Waals surface area contributed by atoms with Crippen LogP contribution in [-0.2, 0) is 11.3 Å². The molecule has 1 unspecified atom stereocenters. The molecule has 1 fully saturated rings. The van der Waals surface area contributed by atoms with Gasteiger partial charge in [0.1, 0.15) is 0 Å². The molecule has 120 valence electrons. The maximum absolute atomic E-state index is 6.43. The van der Waals surface area contributed by atoms with Crippen molar-refractivity contribution in [1.82, 2.24) is 14.7 Å². The lowest BCUT2D eigenvalue weighted by Crippen LogP contribution is -2.34. The molecule has 1 heterocycles. The quantitative estimate of drug-likeness (QED) is 0.775. The first kappa shape index (κ1) is 16.9. The molecule has 0 spiro atoms. The summed E-state index contributed by atoms with van der Waals surface area (Å²) in [4.78, 5) is 2.16. The monoisotopic (exact) mass is 358 g/mol. The molecule has 2 rings (SSSR count). The van der Waals surface area contributed by atoms with E-state index in [9.17, 15) is 0 Å². The van der Waals surface area contributed by atoms with E-state index in [1.54, 1.807) is 0 Å². The van der Waals surface area contributed by atoms with Crippen LogP contribution in [-0.4, -0.2) is 48.0 Å². The minimum absolute atomic E-state index is 0.0385. The van der Waals surface area contributed by atoms with Crippen LogP contribution in [0.15, 0.2) is 10.7 Å². The van der Waals surface area contributed by atoms with Crippen molar-refractivity contribution in [1.29, 1.82) is 0 Å². The zero-order valence-electron chi connectivity index (χ0n) is 13.3. The summed E-state index contributed by atoms with van der Waals surface area (Å²) in [7, 11) is 4.14. The summed E-state index contributed by atoms with van der Waals surface area (Å²) >= 11 is 3.59. The molecule has 5 nitrogen and oxygen atoms in total. The summed E-state index contributed by atoms with van der Waals surface area (Å²) in [5.41, 5.74) is 7.55. The van der Waals surface area contributed by atoms with Crippen molar-refractivity contribution in [3.05, 3.63) is 16.4 Å². The lowest BCUT2D eigenvalue weighted by molar-refractivity contribution is -0.0284. The number of ether oxygens (including phenoxy) is 1. The highest BCUT2D eigenvalue weighted by Crippen LogP contribution is 2.37. The Morgan fingerprint density at radius 3 is 2.86 bits per heavy atom. The van der Waals surface area contributed by atoms with Crippen molar-refractivity contribution in [3.63, 3.8) is 0 Å². The first-order valence-corrected chi connectivity index (χ1v) is 8.53. The molecule has 1 atom stereocenters. The molecule has 1 aliphatic rings. The van der Waals surface area contributed by atoms with E-state index in [-0.39, 0.29) is 6.04 Å². The van der Waals surface area contributed by atoms with Crippen LogP contribution in [0.25, 0.3) is 0 Å². The molecule has 0 saturated heterocycles. The van der Waals surface area contributed by atoms with Crippen LogP contribution < -0.4 is 5.73 Å². The topological polar surface area (TPSA) is 56.3 Å². The smallest absolute Gasteiger partial charge is 0.0694 e. The number of likely N-dealkylation sites (N-methyl/N-ethyl adjacent to an activating group) is 1. The number of nitrogens with two attached hydrogens (primary N) is 1. The van der Waals surface area contributed by atoms with E-state index in [1.807, 2.05) is 10.9 Å². The molecule has 6 heteroatoms. The first-order chi connectivity index (χ1) is 10.0. The number of hydrogen-bond donors (Lipinski definition) is 1. The van der Waals surface area contributed by atoms with Crippen LogP contribution in [0.3, 0.4) is 0 Å². The van der Waals surface area contributed by atoms with Gasteiger partial charge in [0.25, 0.3) is 0 Å². The zero-order valence-corrected chi connectivity index (χ0v) is 14.8. The van der Waals surface area contributed by atoms with Gasteiger partial charge in [-0.05, 0) is 62.1 Å². The van der Waals surface area contributed by atoms with E-state index >= 15 is 0 Å². The van der Waals surface area contributed by atoms with Crippen molar-refractivity contribution in [3.8, 4) is 0 Å². The molecule has 1 aliphatic carbocycles. The Hall–Kier alpha value is -0.430. The van der Waals surface area contributed by atoms with E-state index in [0.29, 0.717) is 12.0 Å². The van der Waals surface area contributed by atoms with Crippen LogP contribution >= 0.6 is 15.9 Å². The Bertz CT molecular complexity index is 443. The second-order valence-electron chi connectivity index (χ2n) is 6.16. The fourth-order valence-electron chi connectivity index (χ4n) is 2.92. The predicted molar refractivity (Wildman–Crippen MR) is 88.2 cm³/mol. The maximum Gasteiger partial charge on any atom is 0.0694 e. The molecule has 2 N–H and O–H groups in total. The van der Waals surface area contributed by atoms with Crippen molar-refractivity contribution in [2.45, 2.75) is 44.9 Å². The second-order valence-corrected chi connectivity index (χ2v) is 7.02. The fourth-order valence-corrected chi connectivity index (χ4v) is 3.51. The molecule has 1 saturated carbocycles. The molecular formula is C15H27BrN4O. The van der Waals surface area contributed by atoms with Crippen LogP contribution in [0, 0.1) is 5.92 Å². The summed E-state index contributed by atoms with van der Waals surface area (Å²) in [6.07, 6.45) is 5.61. The second kappa shape index (κ2) is 7.72. The highest BCUT2D eigenvalue weighted by Gasteiger charge is 2.32. The SMILES string of the molecule is CCOC1CC(CC(N)c2c(Br)cnn2CCN(C)C)C1. The van der Waals surface area contributed by atoms with Gasteiger partial charge in [0.05, 0.1) is 29.0 Å². The third-order valence-corrected chi connectivity index (χ3v) is 4.74. The Balaban J connectivity index is 1.90. The largest absolute Gasteiger partial charge is 0.378 e. The molecule has 0 bridgehead atoms. The van der Waals surface area contributed by atoms with Gasteiger partial charge >= 0.3 is 0 Å². The van der Waals surface area contributed by atoms with Crippen LogP contribution in [0.1, 0.15) is 37.9 Å². The molecular weight excluding hydrogens is 332 g/mol. The van der Waals surface area contributed by atoms with Crippen LogP contribution in [0.5, 0.6) is 0 Å². The average molecular weight is 359 g/mol. The van der Waals surface area contributed by atoms with Crippen molar-refractivity contribution < 1.29 is 4.74 Å². The minimum Gasteiger partial charge on any atom is -0.378 e. The molecule has 0 amide bonds. The van der Waals surface area contributed by atoms with E-state index in [4.69, 9.17) is 10.5 Å². The lowest BCUT2D eigenvalue weighted by Gasteiger charge is -2.36. The average Bonchev–Trinajstić information content (AvgIpc) is 2.75. The van der Waals surface area contributed by atoms with Crippen LogP contribution in [0.2, 0.25) is 0 Å². The third kappa shape index (κ3) is 4.52. The number of halogens is 1. The van der Waals surface area contributed by atoms with Gasteiger partial charge in [-0.25, -0.2) is 0 Å². The summed E-state index contributed by atoms with van der Waals surface area (Å²) in [5.74, 6) is 0.681. The molecule has 1 aromatic rings. The standard InChI is InChI=1S/C15H27BrN4O/c1-4-21-12-7-11(8-12)9-14(17)15-13(16)10-18-20(15)6-5-19(2)3/h10-12,14H,4-9,17H2,1-3H3. The van der Waals surface area contributed by atoms with E-state index in [0.717, 1.165) is 49.1 Å². The third-order valence-electron chi connectivity index (χ3n) is 4.13. The molecule has 0 aromatic carbocycles. The Labute approximate surface area is 135 Å². The molecule has 21 heavy (non-hydrogen) atoms. The Kier molecular flexibility index (Phi) is 6.22. The maximum atomic E-state index is 6.43. The molecule has 0 aliphatic heterocycles. The summed E-state index contributed by atoms with van der Waals surface area (Å²) in [5, 5.41) is 4.44. The lowest BCUT2D eigenvalue weighted by atomic mass is 9.78. The Morgan fingerprint density at radius 1 is 1.52 bits per heavy atom. The van der Waals surface area contributed by atoms with Gasteiger partial charge in [0.2, 0.25) is 0 Å². The van der Waals surface area contributed by atoms with E-state index in [1.165, 1.54) is 0 Å². The van der Waals surface area contributed by atoms with Crippen molar-refractivity contribution >= 4 is 15.9 Å². The van der Waals surface area contributed by atoms with E-state index in [2.05, 4.69) is 46.9 Å². The number of hydrogen-bond acceptors (Lipinski definition) is 4. The predicted octanol–water partition coefficient (Wildman–Crippen LogP) is 2.41. The van der Waals surface area contributed by atoms with Gasteiger partial charge in [-0.15, -0.1) is 0 Å².